The number of esters is 1. The number of ether oxygens (including phenoxy) is 2. The van der Waals surface area contributed by atoms with Crippen molar-refractivity contribution in [3.05, 3.63) is 59.4 Å². The van der Waals surface area contributed by atoms with Crippen LogP contribution in [-0.4, -0.2) is 37.2 Å². The van der Waals surface area contributed by atoms with E-state index in [9.17, 15) is 27.5 Å². The van der Waals surface area contributed by atoms with Crippen LogP contribution in [0.3, 0.4) is 0 Å². The molecule has 2 rings (SSSR count). The highest BCUT2D eigenvalue weighted by atomic mass is 19.4. The molecule has 0 amide bonds. The number of hydrogen-bond acceptors (Lipinski definition) is 5. The summed E-state index contributed by atoms with van der Waals surface area (Å²) >= 11 is 0. The van der Waals surface area contributed by atoms with Crippen molar-refractivity contribution in [2.75, 3.05) is 13.7 Å². The van der Waals surface area contributed by atoms with Crippen molar-refractivity contribution in [2.24, 2.45) is 4.99 Å². The summed E-state index contributed by atoms with van der Waals surface area (Å²) in [5, 5.41) is 10.1. The van der Waals surface area contributed by atoms with Gasteiger partial charge in [-0.3, -0.25) is 4.99 Å². The van der Waals surface area contributed by atoms with E-state index in [-0.39, 0.29) is 18.0 Å². The number of rotatable bonds is 6. The summed E-state index contributed by atoms with van der Waals surface area (Å²) < 4.78 is 62.7. The molecule has 5 nitrogen and oxygen atoms in total. The van der Waals surface area contributed by atoms with Crippen molar-refractivity contribution in [1.82, 2.24) is 0 Å². The fraction of sp³-hybridized carbons (Fsp3) is 0.263. The monoisotopic (exact) mass is 399 g/mol. The molecule has 2 aromatic rings. The Bertz CT molecular complexity index is 865. The van der Waals surface area contributed by atoms with Crippen LogP contribution in [0.15, 0.2) is 47.5 Å². The summed E-state index contributed by atoms with van der Waals surface area (Å²) in [7, 11) is 1.20. The number of nitrogens with zero attached hydrogens (tertiary/aromatic N) is 1. The maximum absolute atomic E-state index is 13.5. The Morgan fingerprint density at radius 1 is 1.18 bits per heavy atom. The van der Waals surface area contributed by atoms with Gasteiger partial charge in [-0.2, -0.15) is 13.2 Å². The molecule has 0 aliphatic heterocycles. The topological polar surface area (TPSA) is 68.1 Å². The van der Waals surface area contributed by atoms with Crippen LogP contribution in [0.2, 0.25) is 0 Å². The zero-order valence-electron chi connectivity index (χ0n) is 15.0. The Kier molecular flexibility index (Phi) is 6.40. The second-order valence-electron chi connectivity index (χ2n) is 5.63. The van der Waals surface area contributed by atoms with Crippen molar-refractivity contribution in [3.63, 3.8) is 0 Å². The van der Waals surface area contributed by atoms with Crippen LogP contribution in [0.25, 0.3) is 0 Å². The second-order valence-corrected chi connectivity index (χ2v) is 5.63. The molecule has 0 aromatic heterocycles. The average Bonchev–Trinajstić information content (AvgIpc) is 2.66. The van der Waals surface area contributed by atoms with Crippen LogP contribution in [0.1, 0.15) is 18.1 Å². The molecule has 0 saturated heterocycles. The van der Waals surface area contributed by atoms with Gasteiger partial charge in [0.05, 0.1) is 13.7 Å². The highest BCUT2D eigenvalue weighted by Gasteiger charge is 2.62. The largest absolute Gasteiger partial charge is 0.494 e. The molecule has 1 atom stereocenters. The van der Waals surface area contributed by atoms with E-state index in [1.807, 2.05) is 0 Å². The number of aliphatic imine (C=N–C) groups is 1. The molecular formula is C19H17F4NO4. The van der Waals surface area contributed by atoms with Crippen LogP contribution in [0.5, 0.6) is 5.75 Å². The van der Waals surface area contributed by atoms with E-state index in [1.54, 1.807) is 0 Å². The molecule has 0 heterocycles. The molecule has 0 bridgehead atoms. The van der Waals surface area contributed by atoms with Crippen LogP contribution in [0, 0.1) is 5.82 Å². The molecule has 0 spiro atoms. The normalized spacial score (nSPS) is 14.0. The lowest BCUT2D eigenvalue weighted by molar-refractivity contribution is -0.267. The lowest BCUT2D eigenvalue weighted by atomic mass is 9.92. The van der Waals surface area contributed by atoms with Gasteiger partial charge in [-0.1, -0.05) is 18.2 Å². The molecule has 0 aliphatic carbocycles. The fourth-order valence-electron chi connectivity index (χ4n) is 2.34. The van der Waals surface area contributed by atoms with E-state index < -0.39 is 29.1 Å². The Balaban J connectivity index is 2.45. The van der Waals surface area contributed by atoms with Crippen molar-refractivity contribution in [2.45, 2.75) is 18.7 Å². The maximum atomic E-state index is 13.5. The van der Waals surface area contributed by atoms with Gasteiger partial charge >= 0.3 is 12.1 Å². The number of hydrogen-bond donors (Lipinski definition) is 1. The summed E-state index contributed by atoms with van der Waals surface area (Å²) in [6.45, 7) is 0.983. The van der Waals surface area contributed by atoms with Crippen LogP contribution in [0.4, 0.5) is 23.2 Å². The minimum absolute atomic E-state index is 0.108. The highest BCUT2D eigenvalue weighted by molar-refractivity contribution is 5.84. The Morgan fingerprint density at radius 3 is 2.36 bits per heavy atom. The van der Waals surface area contributed by atoms with Gasteiger partial charge in [-0.25, -0.2) is 9.18 Å². The SMILES string of the molecule is CCOC(=O)C(O)(c1ccc(N=Cc2ccc(F)cc2)c(OC)c1)C(F)(F)F. The number of alkyl halides is 3. The number of benzene rings is 2. The van der Waals surface area contributed by atoms with Gasteiger partial charge < -0.3 is 14.6 Å². The minimum atomic E-state index is -5.32. The Hall–Kier alpha value is -2.94. The third-order valence-corrected chi connectivity index (χ3v) is 3.80. The van der Waals surface area contributed by atoms with Gasteiger partial charge in [0, 0.05) is 11.8 Å². The first-order chi connectivity index (χ1) is 13.1. The summed E-state index contributed by atoms with van der Waals surface area (Å²) in [5.74, 6) is -2.38. The predicted octanol–water partition coefficient (Wildman–Crippen LogP) is 3.90. The van der Waals surface area contributed by atoms with E-state index in [4.69, 9.17) is 4.74 Å². The lowest BCUT2D eigenvalue weighted by Gasteiger charge is -2.28. The van der Waals surface area contributed by atoms with Gasteiger partial charge in [0.1, 0.15) is 17.3 Å². The van der Waals surface area contributed by atoms with Crippen molar-refractivity contribution in [1.29, 1.82) is 0 Å². The van der Waals surface area contributed by atoms with Crippen molar-refractivity contribution >= 4 is 17.9 Å². The summed E-state index contributed by atoms with van der Waals surface area (Å²) in [6.07, 6.45) is -3.96. The molecule has 0 radical (unpaired) electrons. The number of carbonyl (C=O) groups excluding carboxylic acids is 1. The van der Waals surface area contributed by atoms with E-state index in [0.717, 1.165) is 18.2 Å². The first-order valence-electron chi connectivity index (χ1n) is 8.08. The van der Waals surface area contributed by atoms with E-state index in [2.05, 4.69) is 9.73 Å². The number of halogens is 4. The molecule has 1 unspecified atom stereocenters. The molecule has 0 aliphatic rings. The number of methoxy groups -OCH3 is 1. The third-order valence-electron chi connectivity index (χ3n) is 3.80. The fourth-order valence-corrected chi connectivity index (χ4v) is 2.34. The third kappa shape index (κ3) is 4.30. The zero-order chi connectivity index (χ0) is 20.9. The summed E-state index contributed by atoms with van der Waals surface area (Å²) in [5.41, 5.74) is -3.93. The first-order valence-corrected chi connectivity index (χ1v) is 8.08. The molecule has 0 fully saturated rings. The summed E-state index contributed by atoms with van der Waals surface area (Å²) in [6, 6.07) is 8.30. The Labute approximate surface area is 158 Å². The van der Waals surface area contributed by atoms with Gasteiger partial charge in [0.25, 0.3) is 5.60 Å². The molecule has 9 heteroatoms. The Morgan fingerprint density at radius 2 is 1.82 bits per heavy atom. The van der Waals surface area contributed by atoms with E-state index >= 15 is 0 Å². The van der Waals surface area contributed by atoms with E-state index in [1.165, 1.54) is 44.5 Å². The van der Waals surface area contributed by atoms with Crippen molar-refractivity contribution < 1.29 is 36.9 Å². The molecule has 28 heavy (non-hydrogen) atoms. The minimum Gasteiger partial charge on any atom is -0.494 e. The highest BCUT2D eigenvalue weighted by Crippen LogP contribution is 2.42. The van der Waals surface area contributed by atoms with Crippen molar-refractivity contribution in [3.8, 4) is 5.75 Å². The zero-order valence-corrected chi connectivity index (χ0v) is 15.0. The van der Waals surface area contributed by atoms with Gasteiger partial charge in [0.15, 0.2) is 0 Å². The molecule has 150 valence electrons. The average molecular weight is 399 g/mol. The quantitative estimate of drug-likeness (QED) is 0.455. The molecule has 1 N–H and O–H groups in total. The molecular weight excluding hydrogens is 382 g/mol. The standard InChI is InChI=1S/C19H17F4NO4/c1-3-28-17(25)18(26,19(21,22)23)13-6-9-15(16(10-13)27-2)24-11-12-4-7-14(20)8-5-12/h4-11,26H,3H2,1-2H3. The molecule has 2 aromatic carbocycles. The number of carbonyl (C=O) groups is 1. The summed E-state index contributed by atoms with van der Waals surface area (Å²) in [4.78, 5) is 15.9. The van der Waals surface area contributed by atoms with Crippen LogP contribution >= 0.6 is 0 Å². The van der Waals surface area contributed by atoms with Gasteiger partial charge in [-0.15, -0.1) is 0 Å². The smallest absolute Gasteiger partial charge is 0.432 e. The maximum Gasteiger partial charge on any atom is 0.432 e. The van der Waals surface area contributed by atoms with Gasteiger partial charge in [0.2, 0.25) is 0 Å². The van der Waals surface area contributed by atoms with Gasteiger partial charge in [-0.05, 0) is 36.8 Å². The second kappa shape index (κ2) is 8.39. The van der Waals surface area contributed by atoms with Crippen LogP contribution < -0.4 is 4.74 Å². The molecule has 0 saturated carbocycles. The predicted molar refractivity (Wildman–Crippen MR) is 93.2 cm³/mol. The van der Waals surface area contributed by atoms with Crippen LogP contribution in [-0.2, 0) is 15.1 Å². The first kappa shape index (κ1) is 21.4. The number of aliphatic hydroxyl groups is 1. The lowest BCUT2D eigenvalue weighted by Crippen LogP contribution is -2.50. The van der Waals surface area contributed by atoms with E-state index in [0.29, 0.717) is 5.56 Å².